The van der Waals surface area contributed by atoms with Crippen molar-refractivity contribution in [1.29, 1.82) is 15.8 Å². The van der Waals surface area contributed by atoms with Crippen molar-refractivity contribution in [2.24, 2.45) is 17.2 Å². The summed E-state index contributed by atoms with van der Waals surface area (Å²) >= 11 is 0. The van der Waals surface area contributed by atoms with E-state index in [1.165, 1.54) is 0 Å². The summed E-state index contributed by atoms with van der Waals surface area (Å²) < 4.78 is 175. The van der Waals surface area contributed by atoms with Crippen LogP contribution in [0.1, 0.15) is 22.3 Å². The highest BCUT2D eigenvalue weighted by atomic mass is 19.2. The van der Waals surface area contributed by atoms with E-state index in [4.69, 9.17) is 27.7 Å². The normalized spacial score (nSPS) is 21.3. The largest absolute Gasteiger partial charge is 0.398 e. The fourth-order valence-electron chi connectivity index (χ4n) is 4.45. The molecule has 1 saturated carbocycles. The number of hydrogen-bond acceptors (Lipinski definition) is 6. The first-order valence-electron chi connectivity index (χ1n) is 11.5. The van der Waals surface area contributed by atoms with Crippen LogP contribution in [-0.4, -0.2) is 12.3 Å². The maximum absolute atomic E-state index is 14.9. The number of hydrogen-bond donors (Lipinski definition) is 3. The molecule has 230 valence electrons. The van der Waals surface area contributed by atoms with E-state index in [1.807, 2.05) is 0 Å². The third-order valence-corrected chi connectivity index (χ3v) is 6.66. The van der Waals surface area contributed by atoms with Crippen LogP contribution in [0.25, 0.3) is 11.3 Å². The Bertz CT molecular complexity index is 1990. The molecule has 0 heterocycles. The predicted octanol–water partition coefficient (Wildman–Crippen LogP) is 5.47. The Kier molecular flexibility index (Phi) is 7.86. The van der Waals surface area contributed by atoms with Gasteiger partial charge in [-0.1, -0.05) is 0 Å². The quantitative estimate of drug-likeness (QED) is 0.229. The lowest BCUT2D eigenvalue weighted by atomic mass is 9.94. The lowest BCUT2D eigenvalue weighted by molar-refractivity contribution is 0.210. The summed E-state index contributed by atoms with van der Waals surface area (Å²) in [5.41, 5.74) is -2.69. The van der Waals surface area contributed by atoms with Gasteiger partial charge < -0.3 is 17.2 Å². The minimum Gasteiger partial charge on any atom is -0.398 e. The molecule has 18 heteroatoms. The first-order valence-corrected chi connectivity index (χ1v) is 11.5. The van der Waals surface area contributed by atoms with Crippen molar-refractivity contribution >= 4 is 11.3 Å². The van der Waals surface area contributed by atoms with E-state index >= 15 is 0 Å². The van der Waals surface area contributed by atoms with Crippen molar-refractivity contribution in [3.05, 3.63) is 114 Å². The molecule has 2 unspecified atom stereocenters. The number of rotatable bonds is 3. The van der Waals surface area contributed by atoms with Gasteiger partial charge in [0.15, 0.2) is 70.5 Å². The summed E-state index contributed by atoms with van der Waals surface area (Å²) in [7, 11) is 0. The van der Waals surface area contributed by atoms with Gasteiger partial charge in [0, 0.05) is 22.4 Å². The Morgan fingerprint density at radius 3 is 1.33 bits per heavy atom. The fraction of sp³-hybridized carbons (Fsp3) is 0.0741. The van der Waals surface area contributed by atoms with Gasteiger partial charge in [-0.2, -0.15) is 15.8 Å². The van der Waals surface area contributed by atoms with Crippen LogP contribution in [0, 0.1) is 80.5 Å². The first kappa shape index (κ1) is 32.1. The molecule has 6 N–H and O–H groups in total. The summed E-state index contributed by atoms with van der Waals surface area (Å²) in [6, 6.07) is 2.66. The Labute approximate surface area is 242 Å². The van der Waals surface area contributed by atoms with Crippen LogP contribution in [0.2, 0.25) is 0 Å². The van der Waals surface area contributed by atoms with Gasteiger partial charge in [-0.05, 0) is 0 Å². The van der Waals surface area contributed by atoms with Crippen LogP contribution in [0.5, 0.6) is 0 Å². The number of allylic oxidation sites excluding steroid dienone is 8. The molecule has 1 fully saturated rings. The Hall–Kier alpha value is -5.83. The van der Waals surface area contributed by atoms with Gasteiger partial charge in [0.25, 0.3) is 0 Å². The van der Waals surface area contributed by atoms with Gasteiger partial charge in [-0.15, -0.1) is 0 Å². The zero-order valence-electron chi connectivity index (χ0n) is 21.3. The molecule has 2 aliphatic rings. The van der Waals surface area contributed by atoms with Crippen molar-refractivity contribution in [3.63, 3.8) is 0 Å². The van der Waals surface area contributed by atoms with E-state index in [0.717, 1.165) is 18.2 Å². The number of nitriles is 3. The van der Waals surface area contributed by atoms with E-state index in [-0.39, 0.29) is 0 Å². The summed E-state index contributed by atoms with van der Waals surface area (Å²) in [4.78, 5) is 0. The van der Waals surface area contributed by atoms with E-state index < -0.39 is 138 Å². The van der Waals surface area contributed by atoms with Crippen LogP contribution >= 0.6 is 0 Å². The van der Waals surface area contributed by atoms with E-state index in [2.05, 4.69) is 0 Å². The van der Waals surface area contributed by atoms with Gasteiger partial charge in [-0.3, -0.25) is 0 Å². The smallest absolute Gasteiger partial charge is 0.181 e. The van der Waals surface area contributed by atoms with Crippen molar-refractivity contribution < 1.29 is 52.7 Å². The molecule has 2 aromatic carbocycles. The van der Waals surface area contributed by atoms with Crippen LogP contribution in [-0.2, 0) is 0 Å². The van der Waals surface area contributed by atoms with Gasteiger partial charge in [0.05, 0.1) is 33.7 Å². The molecule has 4 rings (SSSR count). The third kappa shape index (κ3) is 4.43. The zero-order valence-corrected chi connectivity index (χ0v) is 21.3. The molecule has 2 atom stereocenters. The molecule has 6 nitrogen and oxygen atoms in total. The number of benzene rings is 2. The standard InChI is InChI=1S/C27H8F12N6/c28-13-5(2-41)14(29)18(33)8(17(13)32)4(1-40)7-9(25(43)11-19(34)15(30)6(3-42)16(31)20(11)35)10(7)26(44)12-21(36)23(38)27(45)24(39)22(12)37/h21,23H,43-45H2. The van der Waals surface area contributed by atoms with Crippen LogP contribution in [0.3, 0.4) is 0 Å². The summed E-state index contributed by atoms with van der Waals surface area (Å²) in [6.45, 7) is 0. The maximum atomic E-state index is 14.9. The number of nitrogens with two attached hydrogens (primary N) is 3. The lowest BCUT2D eigenvalue weighted by Gasteiger charge is -2.23. The third-order valence-electron chi connectivity index (χ3n) is 6.66. The molecule has 0 radical (unpaired) electrons. The van der Waals surface area contributed by atoms with Crippen molar-refractivity contribution in [2.45, 2.75) is 12.3 Å². The molecular weight excluding hydrogens is 636 g/mol. The molecule has 0 aromatic heterocycles. The average Bonchev–Trinajstić information content (AvgIpc) is 3.75. The predicted molar refractivity (Wildman–Crippen MR) is 127 cm³/mol. The molecule has 0 bridgehead atoms. The van der Waals surface area contributed by atoms with Crippen molar-refractivity contribution in [1.82, 2.24) is 0 Å². The fourth-order valence-corrected chi connectivity index (χ4v) is 4.45. The monoisotopic (exact) mass is 644 g/mol. The molecule has 45 heavy (non-hydrogen) atoms. The molecule has 0 aliphatic heterocycles. The number of nitrogens with zero attached hydrogens (tertiary/aromatic N) is 3. The summed E-state index contributed by atoms with van der Waals surface area (Å²) in [5, 5.41) is 27.3. The highest BCUT2D eigenvalue weighted by molar-refractivity contribution is 6.04. The molecule has 0 spiro atoms. The van der Waals surface area contributed by atoms with Crippen LogP contribution < -0.4 is 17.2 Å². The van der Waals surface area contributed by atoms with Gasteiger partial charge in [0.2, 0.25) is 0 Å². The van der Waals surface area contributed by atoms with Crippen molar-refractivity contribution in [3.8, 4) is 18.2 Å². The molecular formula is C27H8F12N6. The number of halogens is 12. The first-order chi connectivity index (χ1) is 21.0. The second-order valence-electron chi connectivity index (χ2n) is 8.98. The summed E-state index contributed by atoms with van der Waals surface area (Å²) in [6.07, 6.45) is -6.39. The SMILES string of the molecule is N#CC(=C1C(=C(N)C2=C(F)C(F)=C(N)C(F)C2F)C1=C(N)c1c(F)c(F)c(C#N)c(F)c1F)c1c(F)c(F)c(C#N)c(F)c1F. The molecule has 2 aromatic rings. The second kappa shape index (κ2) is 11.0. The highest BCUT2D eigenvalue weighted by Gasteiger charge is 2.47. The lowest BCUT2D eigenvalue weighted by Crippen LogP contribution is -2.33. The minimum absolute atomic E-state index is 0.807. The second-order valence-corrected chi connectivity index (χ2v) is 8.98. The summed E-state index contributed by atoms with van der Waals surface area (Å²) in [5.74, 6) is -23.5. The number of alkyl halides is 2. The Balaban J connectivity index is 2.24. The maximum Gasteiger partial charge on any atom is 0.181 e. The van der Waals surface area contributed by atoms with Crippen molar-refractivity contribution in [2.75, 3.05) is 0 Å². The minimum atomic E-state index is -3.26. The average molecular weight is 644 g/mol. The van der Waals surface area contributed by atoms with Gasteiger partial charge in [0.1, 0.15) is 29.3 Å². The highest BCUT2D eigenvalue weighted by Crippen LogP contribution is 2.56. The van der Waals surface area contributed by atoms with Crippen LogP contribution in [0.4, 0.5) is 52.7 Å². The van der Waals surface area contributed by atoms with Gasteiger partial charge in [-0.25, -0.2) is 52.7 Å². The topological polar surface area (TPSA) is 149 Å². The molecule has 0 amide bonds. The van der Waals surface area contributed by atoms with E-state index in [0.29, 0.717) is 0 Å². The van der Waals surface area contributed by atoms with E-state index in [9.17, 15) is 57.9 Å². The Morgan fingerprint density at radius 2 is 0.933 bits per heavy atom. The molecule has 0 saturated heterocycles. The molecule has 2 aliphatic carbocycles. The van der Waals surface area contributed by atoms with Crippen LogP contribution in [0.15, 0.2) is 45.3 Å². The zero-order chi connectivity index (χ0) is 34.0. The Morgan fingerprint density at radius 1 is 0.533 bits per heavy atom. The van der Waals surface area contributed by atoms with Gasteiger partial charge >= 0.3 is 0 Å². The van der Waals surface area contributed by atoms with E-state index in [1.54, 1.807) is 0 Å².